The Morgan fingerprint density at radius 1 is 1.70 bits per heavy atom. The van der Waals surface area contributed by atoms with Gasteiger partial charge in [0.05, 0.1) is 0 Å². The van der Waals surface area contributed by atoms with Gasteiger partial charge in [0.1, 0.15) is 12.0 Å². The quantitative estimate of drug-likeness (QED) is 0.418. The van der Waals surface area contributed by atoms with Gasteiger partial charge in [0.25, 0.3) is 0 Å². The molecule has 0 atom stereocenters. The first-order valence-electron chi connectivity index (χ1n) is 2.74. The van der Waals surface area contributed by atoms with Crippen molar-refractivity contribution in [3.63, 3.8) is 0 Å². The normalized spacial score (nSPS) is 8.30. The lowest BCUT2D eigenvalue weighted by Gasteiger charge is -1.88. The maximum atomic E-state index is 10.2. The van der Waals surface area contributed by atoms with E-state index < -0.39 is 0 Å². The summed E-state index contributed by atoms with van der Waals surface area (Å²) in [6.07, 6.45) is 7.30. The summed E-state index contributed by atoms with van der Waals surface area (Å²) in [6, 6.07) is 3.17. The van der Waals surface area contributed by atoms with Crippen LogP contribution in [0.3, 0.4) is 0 Å². The molecule has 0 amide bonds. The first-order valence-corrected chi connectivity index (χ1v) is 2.74. The Balaban J connectivity index is 3.13. The maximum Gasteiger partial charge on any atom is 0.150 e. The number of carbonyl (C=O) groups is 1. The SMILES string of the molecule is C#Cc1cc(C=O)ccn1. The molecule has 0 saturated carbocycles. The molecular formula is C8H5NO. The molecule has 0 N–H and O–H groups in total. The molecule has 0 bridgehead atoms. The van der Waals surface area contributed by atoms with Crippen LogP contribution in [-0.2, 0) is 0 Å². The average Bonchev–Trinajstić information content (AvgIpc) is 2.05. The van der Waals surface area contributed by atoms with Crippen LogP contribution in [0.2, 0.25) is 0 Å². The predicted molar refractivity (Wildman–Crippen MR) is 37.6 cm³/mol. The Bertz CT molecular complexity index is 286. The first-order chi connectivity index (χ1) is 4.86. The Hall–Kier alpha value is -1.62. The third kappa shape index (κ3) is 1.20. The van der Waals surface area contributed by atoms with E-state index >= 15 is 0 Å². The van der Waals surface area contributed by atoms with E-state index in [0.29, 0.717) is 11.3 Å². The summed E-state index contributed by atoms with van der Waals surface area (Å²) in [5.74, 6) is 2.33. The van der Waals surface area contributed by atoms with Gasteiger partial charge in [-0.2, -0.15) is 0 Å². The second-order valence-corrected chi connectivity index (χ2v) is 1.74. The summed E-state index contributed by atoms with van der Waals surface area (Å²) in [7, 11) is 0. The van der Waals surface area contributed by atoms with Crippen LogP contribution in [0.5, 0.6) is 0 Å². The van der Waals surface area contributed by atoms with Crippen molar-refractivity contribution in [3.8, 4) is 12.3 Å². The minimum atomic E-state index is 0.490. The number of hydrogen-bond donors (Lipinski definition) is 0. The van der Waals surface area contributed by atoms with Crippen molar-refractivity contribution in [2.24, 2.45) is 0 Å². The summed E-state index contributed by atoms with van der Waals surface area (Å²) in [4.78, 5) is 14.0. The molecule has 0 radical (unpaired) electrons. The van der Waals surface area contributed by atoms with Gasteiger partial charge in [-0.1, -0.05) is 5.92 Å². The van der Waals surface area contributed by atoms with Crippen LogP contribution in [-0.4, -0.2) is 11.3 Å². The largest absolute Gasteiger partial charge is 0.298 e. The zero-order valence-electron chi connectivity index (χ0n) is 5.24. The Morgan fingerprint density at radius 3 is 3.10 bits per heavy atom. The van der Waals surface area contributed by atoms with Gasteiger partial charge in [-0.3, -0.25) is 4.79 Å². The molecule has 1 aromatic heterocycles. The molecule has 0 fully saturated rings. The molecule has 0 saturated heterocycles. The van der Waals surface area contributed by atoms with Gasteiger partial charge in [0.2, 0.25) is 0 Å². The number of terminal acetylenes is 1. The second-order valence-electron chi connectivity index (χ2n) is 1.74. The van der Waals surface area contributed by atoms with Crippen molar-refractivity contribution >= 4 is 6.29 Å². The van der Waals surface area contributed by atoms with Crippen LogP contribution in [0.15, 0.2) is 18.3 Å². The van der Waals surface area contributed by atoms with Crippen LogP contribution in [0.1, 0.15) is 16.1 Å². The second kappa shape index (κ2) is 2.79. The average molecular weight is 131 g/mol. The topological polar surface area (TPSA) is 30.0 Å². The Morgan fingerprint density at radius 2 is 2.50 bits per heavy atom. The molecule has 10 heavy (non-hydrogen) atoms. The van der Waals surface area contributed by atoms with Gasteiger partial charge < -0.3 is 0 Å². The number of nitrogens with zero attached hydrogens (tertiary/aromatic N) is 1. The van der Waals surface area contributed by atoms with Gasteiger partial charge in [-0.25, -0.2) is 4.98 Å². The van der Waals surface area contributed by atoms with E-state index in [-0.39, 0.29) is 0 Å². The highest BCUT2D eigenvalue weighted by Crippen LogP contribution is 1.95. The molecule has 1 rings (SSSR count). The smallest absolute Gasteiger partial charge is 0.150 e. The highest BCUT2D eigenvalue weighted by atomic mass is 16.1. The summed E-state index contributed by atoms with van der Waals surface area (Å²) in [6.45, 7) is 0. The number of aldehydes is 1. The van der Waals surface area contributed by atoms with E-state index in [2.05, 4.69) is 10.9 Å². The number of rotatable bonds is 1. The molecule has 2 heteroatoms. The summed E-state index contributed by atoms with van der Waals surface area (Å²) < 4.78 is 0. The zero-order chi connectivity index (χ0) is 7.40. The fourth-order valence-corrected chi connectivity index (χ4v) is 0.599. The van der Waals surface area contributed by atoms with Gasteiger partial charge in [-0.15, -0.1) is 6.42 Å². The van der Waals surface area contributed by atoms with Crippen molar-refractivity contribution in [3.05, 3.63) is 29.6 Å². The summed E-state index contributed by atoms with van der Waals surface area (Å²) >= 11 is 0. The highest BCUT2D eigenvalue weighted by Gasteiger charge is 1.89. The highest BCUT2D eigenvalue weighted by molar-refractivity contribution is 5.74. The molecule has 0 spiro atoms. The standard InChI is InChI=1S/C8H5NO/c1-2-8-5-7(6-10)3-4-9-8/h1,3-6H. The van der Waals surface area contributed by atoms with E-state index in [1.807, 2.05) is 0 Å². The lowest BCUT2D eigenvalue weighted by Crippen LogP contribution is -1.84. The van der Waals surface area contributed by atoms with Gasteiger partial charge in [-0.05, 0) is 12.1 Å². The van der Waals surface area contributed by atoms with Gasteiger partial charge in [0, 0.05) is 11.8 Å². The Labute approximate surface area is 58.9 Å². The van der Waals surface area contributed by atoms with Crippen LogP contribution >= 0.6 is 0 Å². The minimum absolute atomic E-state index is 0.490. The van der Waals surface area contributed by atoms with E-state index in [0.717, 1.165) is 6.29 Å². The molecule has 0 unspecified atom stereocenters. The molecule has 1 aromatic rings. The molecule has 0 aliphatic rings. The molecule has 0 aliphatic carbocycles. The van der Waals surface area contributed by atoms with E-state index in [9.17, 15) is 4.79 Å². The minimum Gasteiger partial charge on any atom is -0.298 e. The van der Waals surface area contributed by atoms with Crippen LogP contribution < -0.4 is 0 Å². The van der Waals surface area contributed by atoms with Crippen LogP contribution in [0.25, 0.3) is 0 Å². The van der Waals surface area contributed by atoms with Crippen molar-refractivity contribution in [2.75, 3.05) is 0 Å². The van der Waals surface area contributed by atoms with Gasteiger partial charge in [0.15, 0.2) is 0 Å². The summed E-state index contributed by atoms with van der Waals surface area (Å²) in [5, 5.41) is 0. The molecule has 0 aliphatic heterocycles. The van der Waals surface area contributed by atoms with Crippen molar-refractivity contribution in [1.29, 1.82) is 0 Å². The molecular weight excluding hydrogens is 126 g/mol. The lowest BCUT2D eigenvalue weighted by molar-refractivity contribution is 0.112. The number of carbonyl (C=O) groups excluding carboxylic acids is 1. The molecule has 0 aromatic carbocycles. The predicted octanol–water partition coefficient (Wildman–Crippen LogP) is 0.875. The number of pyridine rings is 1. The van der Waals surface area contributed by atoms with Crippen LogP contribution in [0.4, 0.5) is 0 Å². The zero-order valence-corrected chi connectivity index (χ0v) is 5.24. The molecule has 1 heterocycles. The van der Waals surface area contributed by atoms with E-state index in [4.69, 9.17) is 6.42 Å². The van der Waals surface area contributed by atoms with Gasteiger partial charge >= 0.3 is 0 Å². The van der Waals surface area contributed by atoms with Crippen molar-refractivity contribution in [1.82, 2.24) is 4.98 Å². The fourth-order valence-electron chi connectivity index (χ4n) is 0.599. The molecule has 2 nitrogen and oxygen atoms in total. The van der Waals surface area contributed by atoms with E-state index in [1.165, 1.54) is 6.20 Å². The molecule has 48 valence electrons. The maximum absolute atomic E-state index is 10.2. The summed E-state index contributed by atoms with van der Waals surface area (Å²) in [5.41, 5.74) is 1.05. The third-order valence-corrected chi connectivity index (χ3v) is 1.07. The van der Waals surface area contributed by atoms with Crippen molar-refractivity contribution < 1.29 is 4.79 Å². The van der Waals surface area contributed by atoms with Crippen LogP contribution in [0, 0.1) is 12.3 Å². The Kier molecular flexibility index (Phi) is 1.81. The first kappa shape index (κ1) is 6.50. The fraction of sp³-hybridized carbons (Fsp3) is 0. The third-order valence-electron chi connectivity index (χ3n) is 1.07. The van der Waals surface area contributed by atoms with E-state index in [1.54, 1.807) is 12.1 Å². The van der Waals surface area contributed by atoms with Crippen molar-refractivity contribution in [2.45, 2.75) is 0 Å². The number of hydrogen-bond acceptors (Lipinski definition) is 2. The number of aromatic nitrogens is 1. The lowest BCUT2D eigenvalue weighted by atomic mass is 10.2. The monoisotopic (exact) mass is 131 g/mol.